The van der Waals surface area contributed by atoms with Gasteiger partial charge in [-0.3, -0.25) is 4.79 Å². The number of hydrogen-bond donors (Lipinski definition) is 1. The lowest BCUT2D eigenvalue weighted by molar-refractivity contribution is -0.134. The van der Waals surface area contributed by atoms with Crippen molar-refractivity contribution in [1.82, 2.24) is 0 Å². The number of carbonyl (C=O) groups is 2. The van der Waals surface area contributed by atoms with E-state index >= 15 is 0 Å². The zero-order valence-electron chi connectivity index (χ0n) is 16.0. The Balaban J connectivity index is 2.34. The summed E-state index contributed by atoms with van der Waals surface area (Å²) in [6.45, 7) is 6.29. The number of allylic oxidation sites excluding steroid dienone is 1. The van der Waals surface area contributed by atoms with Crippen molar-refractivity contribution in [3.05, 3.63) is 58.7 Å². The molecule has 1 aromatic carbocycles. The largest absolute Gasteiger partial charge is 0.466 e. The average Bonchev–Trinajstić information content (AvgIpc) is 2.60. The Labute approximate surface area is 155 Å². The number of ketones is 1. The van der Waals surface area contributed by atoms with E-state index < -0.39 is 12.1 Å². The lowest BCUT2D eigenvalue weighted by atomic mass is 9.69. The average molecular weight is 356 g/mol. The second-order valence-corrected chi connectivity index (χ2v) is 7.54. The summed E-state index contributed by atoms with van der Waals surface area (Å²) in [5.41, 5.74) is 2.80. The van der Waals surface area contributed by atoms with E-state index in [0.717, 1.165) is 24.8 Å². The van der Waals surface area contributed by atoms with Crippen molar-refractivity contribution in [3.8, 4) is 0 Å². The number of rotatable bonds is 6. The number of hydrogen-bond acceptors (Lipinski definition) is 4. The first-order valence-corrected chi connectivity index (χ1v) is 9.02. The third-order valence-corrected chi connectivity index (χ3v) is 5.11. The molecule has 1 unspecified atom stereocenters. The molecule has 2 rings (SSSR count). The lowest BCUT2D eigenvalue weighted by Crippen LogP contribution is -2.30. The number of aliphatic hydroxyl groups is 1. The molecule has 0 radical (unpaired) electrons. The summed E-state index contributed by atoms with van der Waals surface area (Å²) in [4.78, 5) is 24.6. The summed E-state index contributed by atoms with van der Waals surface area (Å²) >= 11 is 0. The third-order valence-electron chi connectivity index (χ3n) is 5.11. The van der Waals surface area contributed by atoms with Crippen LogP contribution >= 0.6 is 0 Å². The van der Waals surface area contributed by atoms with Crippen LogP contribution in [0.3, 0.4) is 0 Å². The van der Waals surface area contributed by atoms with Gasteiger partial charge in [-0.2, -0.15) is 0 Å². The van der Waals surface area contributed by atoms with Crippen LogP contribution in [0.5, 0.6) is 0 Å². The van der Waals surface area contributed by atoms with Crippen molar-refractivity contribution in [3.63, 3.8) is 0 Å². The fourth-order valence-electron chi connectivity index (χ4n) is 3.88. The summed E-state index contributed by atoms with van der Waals surface area (Å²) in [5, 5.41) is 10.9. The zero-order chi connectivity index (χ0) is 19.3. The molecule has 0 bridgehead atoms. The SMILES string of the molecule is COC(=O)C=C(CC(O)C1=C(C)CCCC1(C)C)C(=O)c1ccccc1. The monoisotopic (exact) mass is 356 g/mol. The molecule has 140 valence electrons. The van der Waals surface area contributed by atoms with E-state index in [4.69, 9.17) is 4.74 Å². The molecular formula is C22H28O4. The Morgan fingerprint density at radius 2 is 1.92 bits per heavy atom. The van der Waals surface area contributed by atoms with Crippen LogP contribution in [-0.2, 0) is 9.53 Å². The van der Waals surface area contributed by atoms with Gasteiger partial charge < -0.3 is 9.84 Å². The Morgan fingerprint density at radius 3 is 2.50 bits per heavy atom. The van der Waals surface area contributed by atoms with Crippen LogP contribution in [0.2, 0.25) is 0 Å². The Morgan fingerprint density at radius 1 is 1.27 bits per heavy atom. The minimum Gasteiger partial charge on any atom is -0.466 e. The fourth-order valence-corrected chi connectivity index (χ4v) is 3.88. The van der Waals surface area contributed by atoms with E-state index in [1.54, 1.807) is 24.3 Å². The summed E-state index contributed by atoms with van der Waals surface area (Å²) < 4.78 is 4.69. The van der Waals surface area contributed by atoms with E-state index in [-0.39, 0.29) is 23.2 Å². The van der Waals surface area contributed by atoms with Crippen molar-refractivity contribution in [2.24, 2.45) is 5.41 Å². The smallest absolute Gasteiger partial charge is 0.330 e. The highest BCUT2D eigenvalue weighted by atomic mass is 16.5. The molecule has 0 saturated heterocycles. The molecule has 0 aromatic heterocycles. The number of Topliss-reactive ketones (excluding diaryl/α,β-unsaturated/α-hetero) is 1. The summed E-state index contributed by atoms with van der Waals surface area (Å²) in [6.07, 6.45) is 3.55. The normalized spacial score (nSPS) is 18.4. The van der Waals surface area contributed by atoms with Gasteiger partial charge in [-0.25, -0.2) is 4.79 Å². The Kier molecular flexibility index (Phi) is 6.54. The zero-order valence-corrected chi connectivity index (χ0v) is 16.0. The molecule has 0 saturated carbocycles. The van der Waals surface area contributed by atoms with Gasteiger partial charge in [-0.05, 0) is 37.2 Å². The van der Waals surface area contributed by atoms with E-state index in [1.165, 1.54) is 18.8 Å². The Hall–Kier alpha value is -2.20. The van der Waals surface area contributed by atoms with Gasteiger partial charge in [0.2, 0.25) is 0 Å². The molecule has 1 aliphatic carbocycles. The van der Waals surface area contributed by atoms with E-state index in [0.29, 0.717) is 5.56 Å². The van der Waals surface area contributed by atoms with Crippen molar-refractivity contribution in [2.45, 2.75) is 52.6 Å². The third kappa shape index (κ3) is 4.70. The second kappa shape index (κ2) is 8.45. The molecule has 0 fully saturated rings. The van der Waals surface area contributed by atoms with Gasteiger partial charge in [0, 0.05) is 23.6 Å². The van der Waals surface area contributed by atoms with Crippen molar-refractivity contribution >= 4 is 11.8 Å². The highest BCUT2D eigenvalue weighted by Crippen LogP contribution is 2.43. The fraction of sp³-hybridized carbons (Fsp3) is 0.455. The molecule has 0 heterocycles. The lowest BCUT2D eigenvalue weighted by Gasteiger charge is -2.37. The van der Waals surface area contributed by atoms with Gasteiger partial charge in [0.1, 0.15) is 0 Å². The van der Waals surface area contributed by atoms with Gasteiger partial charge in [0.15, 0.2) is 5.78 Å². The van der Waals surface area contributed by atoms with Gasteiger partial charge >= 0.3 is 5.97 Å². The molecule has 1 N–H and O–H groups in total. The predicted molar refractivity (Wildman–Crippen MR) is 102 cm³/mol. The first-order valence-electron chi connectivity index (χ1n) is 9.02. The minimum absolute atomic E-state index is 0.0962. The highest BCUT2D eigenvalue weighted by molar-refractivity contribution is 6.11. The predicted octanol–water partition coefficient (Wildman–Crippen LogP) is 4.25. The van der Waals surface area contributed by atoms with E-state index in [2.05, 4.69) is 13.8 Å². The molecular weight excluding hydrogens is 328 g/mol. The van der Waals surface area contributed by atoms with Crippen LogP contribution in [0.1, 0.15) is 56.8 Å². The number of carbonyl (C=O) groups excluding carboxylic acids is 2. The van der Waals surface area contributed by atoms with Gasteiger partial charge in [-0.1, -0.05) is 49.8 Å². The van der Waals surface area contributed by atoms with Gasteiger partial charge in [-0.15, -0.1) is 0 Å². The molecule has 26 heavy (non-hydrogen) atoms. The molecule has 1 aliphatic rings. The summed E-state index contributed by atoms with van der Waals surface area (Å²) in [7, 11) is 1.27. The van der Waals surface area contributed by atoms with Crippen LogP contribution in [0.4, 0.5) is 0 Å². The topological polar surface area (TPSA) is 63.6 Å². The van der Waals surface area contributed by atoms with Gasteiger partial charge in [0.25, 0.3) is 0 Å². The quantitative estimate of drug-likeness (QED) is 0.358. The number of benzene rings is 1. The number of ether oxygens (including phenoxy) is 1. The number of aliphatic hydroxyl groups excluding tert-OH is 1. The molecule has 1 atom stereocenters. The standard InChI is InChI=1S/C22H28O4/c1-15-9-8-12-22(2,3)20(15)18(23)13-17(14-19(24)26-4)21(25)16-10-6-5-7-11-16/h5-7,10-11,14,18,23H,8-9,12-13H2,1-4H3. The highest BCUT2D eigenvalue weighted by Gasteiger charge is 2.33. The summed E-state index contributed by atoms with van der Waals surface area (Å²) in [5.74, 6) is -0.855. The molecule has 4 heteroatoms. The van der Waals surface area contributed by atoms with Crippen LogP contribution in [-0.4, -0.2) is 30.1 Å². The maximum absolute atomic E-state index is 12.9. The van der Waals surface area contributed by atoms with Crippen molar-refractivity contribution in [1.29, 1.82) is 0 Å². The van der Waals surface area contributed by atoms with E-state index in [1.807, 2.05) is 13.0 Å². The van der Waals surface area contributed by atoms with Crippen molar-refractivity contribution in [2.75, 3.05) is 7.11 Å². The van der Waals surface area contributed by atoms with Crippen molar-refractivity contribution < 1.29 is 19.4 Å². The number of methoxy groups -OCH3 is 1. The first kappa shape index (κ1) is 20.1. The molecule has 0 amide bonds. The van der Waals surface area contributed by atoms with Gasteiger partial charge in [0.05, 0.1) is 13.2 Å². The van der Waals surface area contributed by atoms with Crippen LogP contribution in [0, 0.1) is 5.41 Å². The Bertz CT molecular complexity index is 726. The molecule has 0 aliphatic heterocycles. The minimum atomic E-state index is -0.797. The van der Waals surface area contributed by atoms with Crippen LogP contribution < -0.4 is 0 Å². The van der Waals surface area contributed by atoms with E-state index in [9.17, 15) is 14.7 Å². The van der Waals surface area contributed by atoms with Crippen LogP contribution in [0.15, 0.2) is 53.1 Å². The molecule has 4 nitrogen and oxygen atoms in total. The molecule has 0 spiro atoms. The maximum Gasteiger partial charge on any atom is 0.330 e. The second-order valence-electron chi connectivity index (χ2n) is 7.54. The summed E-state index contributed by atoms with van der Waals surface area (Å²) in [6, 6.07) is 8.78. The maximum atomic E-state index is 12.9. The molecule has 1 aromatic rings. The van der Waals surface area contributed by atoms with Crippen LogP contribution in [0.25, 0.3) is 0 Å². The first-order chi connectivity index (χ1) is 12.3. The number of esters is 1.